The van der Waals surface area contributed by atoms with Gasteiger partial charge in [-0.2, -0.15) is 14.7 Å². The van der Waals surface area contributed by atoms with Crippen LogP contribution in [0.4, 0.5) is 0 Å². The number of oxazole rings is 1. The van der Waals surface area contributed by atoms with E-state index in [2.05, 4.69) is 10.1 Å². The van der Waals surface area contributed by atoms with E-state index in [9.17, 15) is 0 Å². The summed E-state index contributed by atoms with van der Waals surface area (Å²) in [4.78, 5) is 4.40. The van der Waals surface area contributed by atoms with Crippen molar-refractivity contribution in [2.75, 3.05) is 27.4 Å². The molecule has 0 fully saturated rings. The van der Waals surface area contributed by atoms with Crippen molar-refractivity contribution in [3.63, 3.8) is 0 Å². The Kier molecular flexibility index (Phi) is 5.21. The van der Waals surface area contributed by atoms with E-state index in [1.807, 2.05) is 45.9 Å². The summed E-state index contributed by atoms with van der Waals surface area (Å²) in [6.07, 6.45) is 0. The lowest BCUT2D eigenvalue weighted by Crippen LogP contribution is -2.06. The summed E-state index contributed by atoms with van der Waals surface area (Å²) in [6, 6.07) is 5.68. The number of ether oxygens (including phenoxy) is 3. The number of hydrogen-bond acceptors (Lipinski definition) is 7. The zero-order valence-corrected chi connectivity index (χ0v) is 18.0. The van der Waals surface area contributed by atoms with Crippen LogP contribution in [-0.4, -0.2) is 51.8 Å². The minimum Gasteiger partial charge on any atom is -0.497 e. The molecule has 0 saturated carbocycles. The zero-order chi connectivity index (χ0) is 21.4. The molecule has 0 aliphatic heterocycles. The van der Waals surface area contributed by atoms with Gasteiger partial charge in [-0.25, -0.2) is 9.67 Å². The van der Waals surface area contributed by atoms with Crippen molar-refractivity contribution in [1.82, 2.24) is 24.4 Å². The van der Waals surface area contributed by atoms with Gasteiger partial charge in [-0.1, -0.05) is 0 Å². The number of hydrogen-bond donors (Lipinski definition) is 0. The minimum absolute atomic E-state index is 0.414. The van der Waals surface area contributed by atoms with Gasteiger partial charge in [0, 0.05) is 18.7 Å². The quantitative estimate of drug-likeness (QED) is 0.430. The molecule has 0 saturated heterocycles. The van der Waals surface area contributed by atoms with Crippen LogP contribution in [0.2, 0.25) is 0 Å². The molecule has 9 nitrogen and oxygen atoms in total. The lowest BCUT2D eigenvalue weighted by Gasteiger charge is -2.12. The van der Waals surface area contributed by atoms with E-state index in [0.29, 0.717) is 36.3 Å². The molecule has 0 bridgehead atoms. The molecule has 30 heavy (non-hydrogen) atoms. The molecule has 3 heterocycles. The maximum atomic E-state index is 6.16. The first-order valence-corrected chi connectivity index (χ1v) is 9.64. The van der Waals surface area contributed by atoms with E-state index in [1.165, 1.54) is 0 Å². The Labute approximate surface area is 174 Å². The van der Waals surface area contributed by atoms with Crippen LogP contribution in [0.1, 0.15) is 23.1 Å². The van der Waals surface area contributed by atoms with Crippen molar-refractivity contribution >= 4 is 5.71 Å². The average molecular weight is 411 g/mol. The lowest BCUT2D eigenvalue weighted by atomic mass is 10.1. The van der Waals surface area contributed by atoms with Gasteiger partial charge in [-0.05, 0) is 39.8 Å². The van der Waals surface area contributed by atoms with Gasteiger partial charge in [0.15, 0.2) is 5.69 Å². The van der Waals surface area contributed by atoms with Crippen molar-refractivity contribution in [3.8, 4) is 28.4 Å². The van der Waals surface area contributed by atoms with Crippen molar-refractivity contribution < 1.29 is 18.6 Å². The monoisotopic (exact) mass is 411 g/mol. The molecule has 0 aliphatic carbocycles. The number of benzene rings is 1. The zero-order valence-electron chi connectivity index (χ0n) is 18.0. The fraction of sp³-hybridized carbons (Fsp3) is 0.381. The Morgan fingerprint density at radius 3 is 2.50 bits per heavy atom. The molecular formula is C21H25N5O4. The minimum atomic E-state index is 0.414. The molecule has 1 aromatic carbocycles. The summed E-state index contributed by atoms with van der Waals surface area (Å²) in [5.41, 5.74) is 3.83. The third-order valence-corrected chi connectivity index (χ3v) is 4.86. The van der Waals surface area contributed by atoms with Crippen LogP contribution in [0.15, 0.2) is 22.6 Å². The van der Waals surface area contributed by atoms with Crippen molar-refractivity contribution in [3.05, 3.63) is 41.3 Å². The second-order valence-electron chi connectivity index (χ2n) is 6.98. The number of nitrogens with zero attached hydrogens (tertiary/aromatic N) is 5. The van der Waals surface area contributed by atoms with Crippen LogP contribution in [-0.2, 0) is 4.74 Å². The SMILES string of the molecule is COCCOc1cc(OC)ccc1-c1c(C)oc2c(-n3nc(C)nc3C)c(C)nn12. The van der Waals surface area contributed by atoms with Gasteiger partial charge in [-0.3, -0.25) is 0 Å². The second-order valence-corrected chi connectivity index (χ2v) is 6.98. The number of fused-ring (bicyclic) bond motifs is 1. The van der Waals surface area contributed by atoms with Crippen molar-refractivity contribution in [1.29, 1.82) is 0 Å². The number of aromatic nitrogens is 5. The molecule has 3 aromatic heterocycles. The molecule has 0 aliphatic rings. The summed E-state index contributed by atoms with van der Waals surface area (Å²) >= 11 is 0. The molecule has 0 amide bonds. The molecule has 0 unspecified atom stereocenters. The first kappa shape index (κ1) is 20.0. The van der Waals surface area contributed by atoms with Crippen LogP contribution in [0, 0.1) is 27.7 Å². The van der Waals surface area contributed by atoms with Gasteiger partial charge in [0.05, 0.1) is 19.4 Å². The number of aryl methyl sites for hydroxylation is 4. The molecule has 158 valence electrons. The average Bonchev–Trinajstić information content (AvgIpc) is 3.31. The van der Waals surface area contributed by atoms with Gasteiger partial charge in [0.1, 0.15) is 41.2 Å². The fourth-order valence-corrected chi connectivity index (χ4v) is 3.54. The third kappa shape index (κ3) is 3.30. The van der Waals surface area contributed by atoms with E-state index in [4.69, 9.17) is 23.7 Å². The molecule has 0 spiro atoms. The van der Waals surface area contributed by atoms with Gasteiger partial charge >= 0.3 is 0 Å². The van der Waals surface area contributed by atoms with Gasteiger partial charge in [0.25, 0.3) is 0 Å². The van der Waals surface area contributed by atoms with Crippen LogP contribution in [0.25, 0.3) is 22.7 Å². The van der Waals surface area contributed by atoms with Gasteiger partial charge in [0.2, 0.25) is 5.71 Å². The second kappa shape index (κ2) is 7.83. The van der Waals surface area contributed by atoms with E-state index >= 15 is 0 Å². The van der Waals surface area contributed by atoms with E-state index < -0.39 is 0 Å². The highest BCUT2D eigenvalue weighted by Crippen LogP contribution is 2.38. The highest BCUT2D eigenvalue weighted by Gasteiger charge is 2.25. The largest absolute Gasteiger partial charge is 0.497 e. The van der Waals surface area contributed by atoms with Crippen LogP contribution in [0.3, 0.4) is 0 Å². The molecule has 4 rings (SSSR count). The highest BCUT2D eigenvalue weighted by atomic mass is 16.5. The predicted octanol–water partition coefficient (Wildman–Crippen LogP) is 3.44. The van der Waals surface area contributed by atoms with E-state index in [-0.39, 0.29) is 0 Å². The predicted molar refractivity (Wildman–Crippen MR) is 111 cm³/mol. The fourth-order valence-electron chi connectivity index (χ4n) is 3.54. The molecule has 0 radical (unpaired) electrons. The highest BCUT2D eigenvalue weighted by molar-refractivity contribution is 5.75. The van der Waals surface area contributed by atoms with Crippen LogP contribution < -0.4 is 9.47 Å². The maximum absolute atomic E-state index is 6.16. The smallest absolute Gasteiger partial charge is 0.249 e. The maximum Gasteiger partial charge on any atom is 0.249 e. The summed E-state index contributed by atoms with van der Waals surface area (Å²) in [7, 11) is 3.27. The van der Waals surface area contributed by atoms with Crippen LogP contribution >= 0.6 is 0 Å². The van der Waals surface area contributed by atoms with Gasteiger partial charge in [-0.15, -0.1) is 0 Å². The summed E-state index contributed by atoms with van der Waals surface area (Å²) in [5.74, 6) is 3.55. The third-order valence-electron chi connectivity index (χ3n) is 4.86. The molecule has 0 atom stereocenters. The number of methoxy groups -OCH3 is 2. The van der Waals surface area contributed by atoms with Gasteiger partial charge < -0.3 is 18.6 Å². The Bertz CT molecular complexity index is 1200. The lowest BCUT2D eigenvalue weighted by molar-refractivity contribution is 0.146. The van der Waals surface area contributed by atoms with E-state index in [1.54, 1.807) is 23.4 Å². The first-order valence-electron chi connectivity index (χ1n) is 9.64. The Morgan fingerprint density at radius 2 is 1.83 bits per heavy atom. The molecular weight excluding hydrogens is 386 g/mol. The number of rotatable bonds is 7. The molecule has 4 aromatic rings. The molecule has 9 heteroatoms. The Balaban J connectivity index is 1.89. The normalized spacial score (nSPS) is 11.4. The Morgan fingerprint density at radius 1 is 1.03 bits per heavy atom. The summed E-state index contributed by atoms with van der Waals surface area (Å²) in [6.45, 7) is 8.50. The summed E-state index contributed by atoms with van der Waals surface area (Å²) in [5, 5.41) is 9.24. The standard InChI is InChI=1S/C21H25N5O4/c1-12-19(25-15(4)22-14(3)24-25)21-26(23-12)20(13(2)30-21)17-8-7-16(28-6)11-18(17)29-10-9-27-5/h7-8,11H,9-10H2,1-6H3. The van der Waals surface area contributed by atoms with E-state index in [0.717, 1.165) is 34.2 Å². The first-order chi connectivity index (χ1) is 14.4. The summed E-state index contributed by atoms with van der Waals surface area (Å²) < 4.78 is 26.2. The molecule has 0 N–H and O–H groups in total. The van der Waals surface area contributed by atoms with Crippen LogP contribution in [0.5, 0.6) is 11.5 Å². The van der Waals surface area contributed by atoms with Crippen molar-refractivity contribution in [2.24, 2.45) is 0 Å². The Hall–Kier alpha value is -3.33. The van der Waals surface area contributed by atoms with Crippen molar-refractivity contribution in [2.45, 2.75) is 27.7 Å². The topological polar surface area (TPSA) is 88.8 Å².